The number of carbonyl (C=O) groups is 1. The van der Waals surface area contributed by atoms with Crippen LogP contribution in [0.15, 0.2) is 36.4 Å². The van der Waals surface area contributed by atoms with Crippen LogP contribution in [0.5, 0.6) is 11.5 Å². The van der Waals surface area contributed by atoms with Crippen molar-refractivity contribution in [3.63, 3.8) is 0 Å². The molecule has 0 aliphatic carbocycles. The van der Waals surface area contributed by atoms with Crippen molar-refractivity contribution in [2.45, 2.75) is 13.3 Å². The quantitative estimate of drug-likeness (QED) is 0.836. The summed E-state index contributed by atoms with van der Waals surface area (Å²) in [5.74, 6) is 1.11. The minimum absolute atomic E-state index is 0.240. The predicted octanol–water partition coefficient (Wildman–Crippen LogP) is 2.99. The van der Waals surface area contributed by atoms with Crippen molar-refractivity contribution in [2.24, 2.45) is 0 Å². The molecule has 0 saturated carbocycles. The van der Waals surface area contributed by atoms with E-state index in [9.17, 15) is 4.79 Å². The van der Waals surface area contributed by atoms with E-state index in [2.05, 4.69) is 5.32 Å². The van der Waals surface area contributed by atoms with E-state index in [1.165, 1.54) is 0 Å². The molecule has 5 nitrogen and oxygen atoms in total. The van der Waals surface area contributed by atoms with Crippen LogP contribution in [0.4, 0.5) is 11.4 Å². The molecule has 5 heteroatoms. The van der Waals surface area contributed by atoms with Gasteiger partial charge in [0.1, 0.15) is 0 Å². The van der Waals surface area contributed by atoms with Gasteiger partial charge in [-0.25, -0.2) is 0 Å². The van der Waals surface area contributed by atoms with Crippen LogP contribution in [0.1, 0.15) is 22.3 Å². The van der Waals surface area contributed by atoms with Crippen molar-refractivity contribution < 1.29 is 14.3 Å². The molecule has 3 rings (SSSR count). The first-order valence-electron chi connectivity index (χ1n) is 7.21. The van der Waals surface area contributed by atoms with Crippen molar-refractivity contribution in [3.05, 3.63) is 47.5 Å². The second kappa shape index (κ2) is 5.97. The molecule has 114 valence electrons. The summed E-state index contributed by atoms with van der Waals surface area (Å²) < 4.78 is 11.2. The molecule has 1 heterocycles. The van der Waals surface area contributed by atoms with Crippen molar-refractivity contribution in [3.8, 4) is 11.5 Å². The van der Waals surface area contributed by atoms with Gasteiger partial charge in [-0.2, -0.15) is 0 Å². The number of fused-ring (bicyclic) bond motifs is 1. The molecule has 1 amide bonds. The lowest BCUT2D eigenvalue weighted by molar-refractivity contribution is 0.102. The monoisotopic (exact) mass is 298 g/mol. The average Bonchev–Trinajstić information content (AvgIpc) is 2.74. The molecule has 0 saturated heterocycles. The van der Waals surface area contributed by atoms with Gasteiger partial charge in [0.15, 0.2) is 11.5 Å². The molecule has 2 aromatic rings. The SMILES string of the molecule is Cc1cccc(C(=O)Nc2ccc3c(c2)OCCCO3)c1N. The van der Waals surface area contributed by atoms with Crippen molar-refractivity contribution >= 4 is 17.3 Å². The third-order valence-corrected chi connectivity index (χ3v) is 3.57. The third kappa shape index (κ3) is 2.83. The van der Waals surface area contributed by atoms with Gasteiger partial charge in [-0.1, -0.05) is 12.1 Å². The lowest BCUT2D eigenvalue weighted by Gasteiger charge is -2.12. The Morgan fingerprint density at radius 2 is 1.91 bits per heavy atom. The Morgan fingerprint density at radius 3 is 2.73 bits per heavy atom. The Balaban J connectivity index is 1.82. The van der Waals surface area contributed by atoms with Crippen LogP contribution in [0.3, 0.4) is 0 Å². The molecule has 0 bridgehead atoms. The van der Waals surface area contributed by atoms with Crippen LogP contribution in [-0.4, -0.2) is 19.1 Å². The number of nitrogen functional groups attached to an aromatic ring is 1. The zero-order valence-corrected chi connectivity index (χ0v) is 12.4. The van der Waals surface area contributed by atoms with Gasteiger partial charge in [0, 0.05) is 23.9 Å². The van der Waals surface area contributed by atoms with E-state index in [4.69, 9.17) is 15.2 Å². The summed E-state index contributed by atoms with van der Waals surface area (Å²) in [4.78, 5) is 12.4. The van der Waals surface area contributed by atoms with E-state index in [1.54, 1.807) is 24.3 Å². The van der Waals surface area contributed by atoms with Gasteiger partial charge in [0.2, 0.25) is 0 Å². The highest BCUT2D eigenvalue weighted by molar-refractivity contribution is 6.08. The number of carbonyl (C=O) groups excluding carboxylic acids is 1. The maximum atomic E-state index is 12.4. The fourth-order valence-corrected chi connectivity index (χ4v) is 2.32. The maximum absolute atomic E-state index is 12.4. The summed E-state index contributed by atoms with van der Waals surface area (Å²) in [7, 11) is 0. The first kappa shape index (κ1) is 14.3. The summed E-state index contributed by atoms with van der Waals surface area (Å²) in [6.07, 6.45) is 0.843. The Kier molecular flexibility index (Phi) is 3.87. The van der Waals surface area contributed by atoms with E-state index in [0.717, 1.165) is 12.0 Å². The van der Waals surface area contributed by atoms with E-state index in [0.29, 0.717) is 41.7 Å². The first-order chi connectivity index (χ1) is 10.6. The number of aryl methyl sites for hydroxylation is 1. The standard InChI is InChI=1S/C17H18N2O3/c1-11-4-2-5-13(16(11)18)17(20)19-12-6-7-14-15(10-12)22-9-3-8-21-14/h2,4-7,10H,3,8-9,18H2,1H3,(H,19,20). The highest BCUT2D eigenvalue weighted by Gasteiger charge is 2.14. The Hall–Kier alpha value is -2.69. The molecule has 1 aliphatic heterocycles. The fourth-order valence-electron chi connectivity index (χ4n) is 2.32. The van der Waals surface area contributed by atoms with Crippen molar-refractivity contribution in [1.29, 1.82) is 0 Å². The largest absolute Gasteiger partial charge is 0.490 e. The van der Waals surface area contributed by atoms with Gasteiger partial charge in [-0.15, -0.1) is 0 Å². The van der Waals surface area contributed by atoms with Crippen LogP contribution in [0.2, 0.25) is 0 Å². The summed E-state index contributed by atoms with van der Waals surface area (Å²) in [6.45, 7) is 3.12. The Bertz CT molecular complexity index is 713. The van der Waals surface area contributed by atoms with Crippen LogP contribution in [0, 0.1) is 6.92 Å². The smallest absolute Gasteiger partial charge is 0.257 e. The number of para-hydroxylation sites is 1. The molecular weight excluding hydrogens is 280 g/mol. The van der Waals surface area contributed by atoms with Crippen LogP contribution < -0.4 is 20.5 Å². The zero-order valence-electron chi connectivity index (χ0n) is 12.4. The number of nitrogens with one attached hydrogen (secondary N) is 1. The first-order valence-corrected chi connectivity index (χ1v) is 7.21. The molecule has 0 aromatic heterocycles. The van der Waals surface area contributed by atoms with Gasteiger partial charge in [-0.05, 0) is 30.7 Å². The second-order valence-corrected chi connectivity index (χ2v) is 5.20. The molecular formula is C17H18N2O3. The number of ether oxygens (including phenoxy) is 2. The molecule has 0 atom stereocenters. The van der Waals surface area contributed by atoms with Gasteiger partial charge in [-0.3, -0.25) is 4.79 Å². The summed E-state index contributed by atoms with van der Waals surface area (Å²) in [6, 6.07) is 10.8. The molecule has 1 aliphatic rings. The third-order valence-electron chi connectivity index (χ3n) is 3.57. The van der Waals surface area contributed by atoms with E-state index < -0.39 is 0 Å². The highest BCUT2D eigenvalue weighted by Crippen LogP contribution is 2.32. The number of hydrogen-bond acceptors (Lipinski definition) is 4. The lowest BCUT2D eigenvalue weighted by atomic mass is 10.1. The predicted molar refractivity (Wildman–Crippen MR) is 85.6 cm³/mol. The van der Waals surface area contributed by atoms with Gasteiger partial charge in [0.25, 0.3) is 5.91 Å². The number of rotatable bonds is 2. The number of amides is 1. The van der Waals surface area contributed by atoms with Crippen LogP contribution in [-0.2, 0) is 0 Å². The molecule has 0 unspecified atom stereocenters. The molecule has 2 aromatic carbocycles. The fraction of sp³-hybridized carbons (Fsp3) is 0.235. The number of benzene rings is 2. The number of anilines is 2. The average molecular weight is 298 g/mol. The van der Waals surface area contributed by atoms with Gasteiger partial charge in [0.05, 0.1) is 18.8 Å². The summed E-state index contributed by atoms with van der Waals surface area (Å²) in [5.41, 5.74) is 8.45. The highest BCUT2D eigenvalue weighted by atomic mass is 16.5. The molecule has 0 fully saturated rings. The molecule has 0 spiro atoms. The number of hydrogen-bond donors (Lipinski definition) is 2. The summed E-state index contributed by atoms with van der Waals surface area (Å²) in [5, 5.41) is 2.84. The van der Waals surface area contributed by atoms with Crippen molar-refractivity contribution in [2.75, 3.05) is 24.3 Å². The molecule has 0 radical (unpaired) electrons. The summed E-state index contributed by atoms with van der Waals surface area (Å²) >= 11 is 0. The van der Waals surface area contributed by atoms with Crippen LogP contribution >= 0.6 is 0 Å². The van der Waals surface area contributed by atoms with E-state index >= 15 is 0 Å². The maximum Gasteiger partial charge on any atom is 0.257 e. The van der Waals surface area contributed by atoms with E-state index in [1.807, 2.05) is 19.1 Å². The van der Waals surface area contributed by atoms with Crippen LogP contribution in [0.25, 0.3) is 0 Å². The Morgan fingerprint density at radius 1 is 1.14 bits per heavy atom. The minimum atomic E-state index is -0.240. The van der Waals surface area contributed by atoms with E-state index in [-0.39, 0.29) is 5.91 Å². The van der Waals surface area contributed by atoms with Gasteiger partial charge >= 0.3 is 0 Å². The topological polar surface area (TPSA) is 73.6 Å². The number of nitrogens with two attached hydrogens (primary N) is 1. The van der Waals surface area contributed by atoms with Crippen molar-refractivity contribution in [1.82, 2.24) is 0 Å². The normalized spacial score (nSPS) is 13.3. The molecule has 3 N–H and O–H groups in total. The lowest BCUT2D eigenvalue weighted by Crippen LogP contribution is -2.14. The minimum Gasteiger partial charge on any atom is -0.490 e. The second-order valence-electron chi connectivity index (χ2n) is 5.20. The molecule has 22 heavy (non-hydrogen) atoms. The Labute approximate surface area is 129 Å². The van der Waals surface area contributed by atoms with Gasteiger partial charge < -0.3 is 20.5 Å². The zero-order chi connectivity index (χ0) is 15.5.